The first-order valence-electron chi connectivity index (χ1n) is 9.73. The van der Waals surface area contributed by atoms with Crippen molar-refractivity contribution in [1.29, 1.82) is 0 Å². The van der Waals surface area contributed by atoms with Gasteiger partial charge in [0.15, 0.2) is 5.82 Å². The molecule has 0 atom stereocenters. The molecule has 1 saturated heterocycles. The third-order valence-corrected chi connectivity index (χ3v) is 5.12. The minimum absolute atomic E-state index is 0.202. The molecule has 1 aliphatic rings. The van der Waals surface area contributed by atoms with Crippen molar-refractivity contribution in [3.63, 3.8) is 0 Å². The SMILES string of the molecule is CC(C)c1c(NC(=O)NCC2CCN(C)CC2)nnn1Cc1ccccc1. The number of anilines is 1. The number of hydrogen-bond acceptors (Lipinski definition) is 4. The summed E-state index contributed by atoms with van der Waals surface area (Å²) in [4.78, 5) is 14.7. The zero-order valence-corrected chi connectivity index (χ0v) is 16.5. The molecule has 2 amide bonds. The van der Waals surface area contributed by atoms with Crippen LogP contribution in [0.2, 0.25) is 0 Å². The number of carbonyl (C=O) groups is 1. The molecule has 1 fully saturated rings. The number of amides is 2. The van der Waals surface area contributed by atoms with E-state index < -0.39 is 0 Å². The van der Waals surface area contributed by atoms with Crippen LogP contribution in [-0.2, 0) is 6.54 Å². The smallest absolute Gasteiger partial charge is 0.320 e. The number of piperidine rings is 1. The molecule has 3 rings (SSSR count). The van der Waals surface area contributed by atoms with Crippen molar-refractivity contribution in [2.45, 2.75) is 39.2 Å². The van der Waals surface area contributed by atoms with Gasteiger partial charge in [0.1, 0.15) is 0 Å². The van der Waals surface area contributed by atoms with Crippen LogP contribution in [0.25, 0.3) is 0 Å². The summed E-state index contributed by atoms with van der Waals surface area (Å²) in [5, 5.41) is 14.4. The average molecular weight is 371 g/mol. The molecule has 0 aliphatic carbocycles. The second-order valence-corrected chi connectivity index (χ2v) is 7.70. The molecule has 7 nitrogen and oxygen atoms in total. The molecule has 7 heteroatoms. The molecule has 2 aromatic rings. The van der Waals surface area contributed by atoms with Crippen molar-refractivity contribution < 1.29 is 4.79 Å². The van der Waals surface area contributed by atoms with Gasteiger partial charge in [-0.05, 0) is 50.4 Å². The van der Waals surface area contributed by atoms with Crippen LogP contribution in [0.1, 0.15) is 43.9 Å². The van der Waals surface area contributed by atoms with E-state index in [1.54, 1.807) is 0 Å². The van der Waals surface area contributed by atoms with Gasteiger partial charge in [0, 0.05) is 6.54 Å². The lowest BCUT2D eigenvalue weighted by molar-refractivity contribution is 0.213. The number of hydrogen-bond donors (Lipinski definition) is 2. The summed E-state index contributed by atoms with van der Waals surface area (Å²) in [6, 6.07) is 9.94. The Kier molecular flexibility index (Phi) is 6.45. The number of carbonyl (C=O) groups excluding carboxylic acids is 1. The van der Waals surface area contributed by atoms with E-state index in [1.807, 2.05) is 22.9 Å². The third-order valence-electron chi connectivity index (χ3n) is 5.12. The van der Waals surface area contributed by atoms with E-state index in [2.05, 4.69) is 58.9 Å². The Morgan fingerprint density at radius 2 is 1.93 bits per heavy atom. The predicted molar refractivity (Wildman–Crippen MR) is 107 cm³/mol. The van der Waals surface area contributed by atoms with Gasteiger partial charge in [0.05, 0.1) is 12.2 Å². The Labute approximate surface area is 161 Å². The van der Waals surface area contributed by atoms with Crippen LogP contribution in [0, 0.1) is 5.92 Å². The standard InChI is InChI=1S/C20H30N6O/c1-15(2)18-19(23-24-26(18)14-17-7-5-4-6-8-17)22-20(27)21-13-16-9-11-25(3)12-10-16/h4-8,15-16H,9-14H2,1-3H3,(H2,21,22,27). The topological polar surface area (TPSA) is 75.1 Å². The van der Waals surface area contributed by atoms with E-state index in [9.17, 15) is 4.79 Å². The normalized spacial score (nSPS) is 15.9. The highest BCUT2D eigenvalue weighted by Crippen LogP contribution is 2.22. The highest BCUT2D eigenvalue weighted by Gasteiger charge is 2.20. The van der Waals surface area contributed by atoms with Crippen LogP contribution in [0.15, 0.2) is 30.3 Å². The van der Waals surface area contributed by atoms with Gasteiger partial charge in [-0.2, -0.15) is 0 Å². The lowest BCUT2D eigenvalue weighted by atomic mass is 9.97. The Morgan fingerprint density at radius 3 is 2.59 bits per heavy atom. The molecule has 0 bridgehead atoms. The number of benzene rings is 1. The first-order valence-corrected chi connectivity index (χ1v) is 9.73. The predicted octanol–water partition coefficient (Wildman–Crippen LogP) is 2.91. The molecule has 0 unspecified atom stereocenters. The number of rotatable bonds is 6. The van der Waals surface area contributed by atoms with E-state index in [1.165, 1.54) is 0 Å². The maximum atomic E-state index is 12.4. The molecule has 0 saturated carbocycles. The van der Waals surface area contributed by atoms with Gasteiger partial charge >= 0.3 is 6.03 Å². The number of nitrogens with one attached hydrogen (secondary N) is 2. The van der Waals surface area contributed by atoms with Crippen LogP contribution in [-0.4, -0.2) is 52.6 Å². The molecule has 2 N–H and O–H groups in total. The summed E-state index contributed by atoms with van der Waals surface area (Å²) in [5.41, 5.74) is 2.09. The minimum Gasteiger partial charge on any atom is -0.338 e. The highest BCUT2D eigenvalue weighted by molar-refractivity contribution is 5.88. The van der Waals surface area contributed by atoms with Gasteiger partial charge in [0.2, 0.25) is 0 Å². The zero-order valence-electron chi connectivity index (χ0n) is 16.5. The van der Waals surface area contributed by atoms with Crippen molar-refractivity contribution in [3.05, 3.63) is 41.6 Å². The number of likely N-dealkylation sites (tertiary alicyclic amines) is 1. The van der Waals surface area contributed by atoms with E-state index in [-0.39, 0.29) is 11.9 Å². The summed E-state index contributed by atoms with van der Waals surface area (Å²) in [5.74, 6) is 1.29. The largest absolute Gasteiger partial charge is 0.338 e. The maximum absolute atomic E-state index is 12.4. The third kappa shape index (κ3) is 5.29. The molecular weight excluding hydrogens is 340 g/mol. The second-order valence-electron chi connectivity index (χ2n) is 7.70. The quantitative estimate of drug-likeness (QED) is 0.820. The number of nitrogens with zero attached hydrogens (tertiary/aromatic N) is 4. The highest BCUT2D eigenvalue weighted by atomic mass is 16.2. The monoisotopic (exact) mass is 370 g/mol. The summed E-state index contributed by atoms with van der Waals surface area (Å²) >= 11 is 0. The van der Waals surface area contributed by atoms with Gasteiger partial charge in [-0.25, -0.2) is 9.48 Å². The maximum Gasteiger partial charge on any atom is 0.320 e. The van der Waals surface area contributed by atoms with Crippen molar-refractivity contribution >= 4 is 11.8 Å². The van der Waals surface area contributed by atoms with E-state index in [0.717, 1.165) is 37.2 Å². The van der Waals surface area contributed by atoms with Crippen molar-refractivity contribution in [3.8, 4) is 0 Å². The number of urea groups is 1. The van der Waals surface area contributed by atoms with Gasteiger partial charge < -0.3 is 10.2 Å². The first kappa shape index (κ1) is 19.4. The van der Waals surface area contributed by atoms with Gasteiger partial charge in [0.25, 0.3) is 0 Å². The fourth-order valence-corrected chi connectivity index (χ4v) is 3.51. The molecule has 1 aromatic carbocycles. The number of aromatic nitrogens is 3. The Balaban J connectivity index is 1.59. The Hall–Kier alpha value is -2.41. The fraction of sp³-hybridized carbons (Fsp3) is 0.550. The van der Waals surface area contributed by atoms with Crippen molar-refractivity contribution in [2.24, 2.45) is 5.92 Å². The molecule has 146 valence electrons. The van der Waals surface area contributed by atoms with Crippen LogP contribution in [0.3, 0.4) is 0 Å². The second kappa shape index (κ2) is 8.99. The van der Waals surface area contributed by atoms with Crippen LogP contribution in [0.5, 0.6) is 0 Å². The lowest BCUT2D eigenvalue weighted by Crippen LogP contribution is -2.38. The molecule has 0 radical (unpaired) electrons. The summed E-state index contributed by atoms with van der Waals surface area (Å²) in [6.45, 7) is 7.71. The molecular formula is C20H30N6O. The molecule has 0 spiro atoms. The Bertz CT molecular complexity index is 734. The van der Waals surface area contributed by atoms with E-state index in [0.29, 0.717) is 24.8 Å². The molecule has 1 aliphatic heterocycles. The van der Waals surface area contributed by atoms with Crippen LogP contribution in [0.4, 0.5) is 10.6 Å². The Morgan fingerprint density at radius 1 is 1.22 bits per heavy atom. The van der Waals surface area contributed by atoms with Crippen molar-refractivity contribution in [1.82, 2.24) is 25.2 Å². The first-order chi connectivity index (χ1) is 13.0. The molecule has 2 heterocycles. The van der Waals surface area contributed by atoms with Gasteiger partial charge in [-0.3, -0.25) is 5.32 Å². The van der Waals surface area contributed by atoms with Gasteiger partial charge in [-0.15, -0.1) is 5.10 Å². The molecule has 27 heavy (non-hydrogen) atoms. The fourth-order valence-electron chi connectivity index (χ4n) is 3.51. The van der Waals surface area contributed by atoms with E-state index in [4.69, 9.17) is 0 Å². The summed E-state index contributed by atoms with van der Waals surface area (Å²) in [6.07, 6.45) is 2.25. The molecule has 1 aromatic heterocycles. The van der Waals surface area contributed by atoms with Crippen LogP contribution < -0.4 is 10.6 Å². The minimum atomic E-state index is -0.206. The van der Waals surface area contributed by atoms with Gasteiger partial charge in [-0.1, -0.05) is 49.4 Å². The van der Waals surface area contributed by atoms with Crippen LogP contribution >= 0.6 is 0 Å². The average Bonchev–Trinajstić information content (AvgIpc) is 3.04. The zero-order chi connectivity index (χ0) is 19.2. The summed E-state index contributed by atoms with van der Waals surface area (Å²) < 4.78 is 1.87. The summed E-state index contributed by atoms with van der Waals surface area (Å²) in [7, 11) is 2.14. The lowest BCUT2D eigenvalue weighted by Gasteiger charge is -2.28. The van der Waals surface area contributed by atoms with E-state index >= 15 is 0 Å². The van der Waals surface area contributed by atoms with Crippen molar-refractivity contribution in [2.75, 3.05) is 32.0 Å².